The zero-order valence-electron chi connectivity index (χ0n) is 9.38. The predicted molar refractivity (Wildman–Crippen MR) is 55.3 cm³/mol. The monoisotopic (exact) mass is 264 g/mol. The molecule has 2 unspecified atom stereocenters. The first-order chi connectivity index (χ1) is 8.39. The third-order valence-corrected chi connectivity index (χ3v) is 3.05. The van der Waals surface area contributed by atoms with Crippen LogP contribution in [0.25, 0.3) is 0 Å². The lowest BCUT2D eigenvalue weighted by Gasteiger charge is -2.18. The number of rotatable bonds is 2. The second-order valence-corrected chi connectivity index (χ2v) is 4.31. The molecule has 1 aromatic rings. The summed E-state index contributed by atoms with van der Waals surface area (Å²) in [6.07, 6.45) is -5.10. The molecule has 100 valence electrons. The molecular weight excluding hydrogens is 252 g/mol. The highest BCUT2D eigenvalue weighted by molar-refractivity contribution is 5.28. The molecule has 0 saturated carbocycles. The van der Waals surface area contributed by atoms with Crippen LogP contribution in [0.15, 0.2) is 18.2 Å². The van der Waals surface area contributed by atoms with Gasteiger partial charge in [-0.3, -0.25) is 0 Å². The fourth-order valence-electron chi connectivity index (χ4n) is 2.02. The number of halogens is 4. The summed E-state index contributed by atoms with van der Waals surface area (Å²) in [7, 11) is 0. The Morgan fingerprint density at radius 3 is 2.56 bits per heavy atom. The first-order valence-electron chi connectivity index (χ1n) is 5.52. The van der Waals surface area contributed by atoms with Gasteiger partial charge in [-0.15, -0.1) is 0 Å². The van der Waals surface area contributed by atoms with Gasteiger partial charge in [-0.2, -0.15) is 13.2 Å². The van der Waals surface area contributed by atoms with Crippen molar-refractivity contribution in [3.63, 3.8) is 0 Å². The molecule has 1 fully saturated rings. The van der Waals surface area contributed by atoms with E-state index in [0.29, 0.717) is 25.7 Å². The van der Waals surface area contributed by atoms with Gasteiger partial charge in [-0.25, -0.2) is 4.39 Å². The van der Waals surface area contributed by atoms with Crippen molar-refractivity contribution in [2.24, 2.45) is 5.92 Å². The van der Waals surface area contributed by atoms with Crippen molar-refractivity contribution in [1.82, 2.24) is 0 Å². The third kappa shape index (κ3) is 2.64. The van der Waals surface area contributed by atoms with E-state index in [-0.39, 0.29) is 11.5 Å². The lowest BCUT2D eigenvalue weighted by atomic mass is 9.94. The van der Waals surface area contributed by atoms with E-state index in [9.17, 15) is 22.7 Å². The molecule has 1 N–H and O–H groups in total. The van der Waals surface area contributed by atoms with Crippen LogP contribution >= 0.6 is 0 Å². The van der Waals surface area contributed by atoms with Crippen LogP contribution in [0.2, 0.25) is 0 Å². The molecule has 0 radical (unpaired) electrons. The number of ether oxygens (including phenoxy) is 1. The maximum Gasteiger partial charge on any atom is 0.419 e. The fraction of sp³-hybridized carbons (Fsp3) is 0.500. The van der Waals surface area contributed by atoms with E-state index in [1.807, 2.05) is 0 Å². The minimum absolute atomic E-state index is 0.149. The summed E-state index contributed by atoms with van der Waals surface area (Å²) in [5.41, 5.74) is -1.17. The van der Waals surface area contributed by atoms with Crippen molar-refractivity contribution < 1.29 is 27.4 Å². The number of benzene rings is 1. The summed E-state index contributed by atoms with van der Waals surface area (Å²) in [4.78, 5) is 0. The van der Waals surface area contributed by atoms with Gasteiger partial charge < -0.3 is 9.84 Å². The van der Waals surface area contributed by atoms with Crippen molar-refractivity contribution in [2.75, 3.05) is 13.2 Å². The van der Waals surface area contributed by atoms with E-state index >= 15 is 0 Å². The van der Waals surface area contributed by atoms with E-state index in [0.717, 1.165) is 12.1 Å². The van der Waals surface area contributed by atoms with E-state index in [1.54, 1.807) is 0 Å². The summed E-state index contributed by atoms with van der Waals surface area (Å²) in [5.74, 6) is -1.56. The van der Waals surface area contributed by atoms with Crippen molar-refractivity contribution in [3.05, 3.63) is 35.1 Å². The minimum Gasteiger partial charge on any atom is -0.388 e. The third-order valence-electron chi connectivity index (χ3n) is 3.05. The molecule has 1 saturated heterocycles. The Hall–Kier alpha value is -1.14. The molecule has 0 aliphatic carbocycles. The number of aliphatic hydroxyl groups excluding tert-OH is 1. The van der Waals surface area contributed by atoms with Crippen molar-refractivity contribution in [1.29, 1.82) is 0 Å². The molecule has 0 bridgehead atoms. The van der Waals surface area contributed by atoms with E-state index in [4.69, 9.17) is 4.74 Å². The average Bonchev–Trinajstić information content (AvgIpc) is 2.79. The highest BCUT2D eigenvalue weighted by Gasteiger charge is 2.35. The fourth-order valence-corrected chi connectivity index (χ4v) is 2.02. The van der Waals surface area contributed by atoms with Gasteiger partial charge in [0.25, 0.3) is 0 Å². The molecule has 2 rings (SSSR count). The van der Waals surface area contributed by atoms with Gasteiger partial charge in [-0.05, 0) is 24.1 Å². The summed E-state index contributed by atoms with van der Waals surface area (Å²) in [6, 6.07) is 2.50. The predicted octanol–water partition coefficient (Wildman–Crippen LogP) is 2.91. The standard InChI is InChI=1S/C12H12F4O2/c13-10-5-7(1-2-9(10)12(14,15)16)11(17)8-3-4-18-6-8/h1-2,5,8,11,17H,3-4,6H2. The van der Waals surface area contributed by atoms with Crippen LogP contribution in [-0.2, 0) is 10.9 Å². The maximum absolute atomic E-state index is 13.3. The maximum atomic E-state index is 13.3. The van der Waals surface area contributed by atoms with Crippen LogP contribution in [-0.4, -0.2) is 18.3 Å². The normalized spacial score (nSPS) is 22.2. The summed E-state index contributed by atoms with van der Waals surface area (Å²) < 4.78 is 55.5. The summed E-state index contributed by atoms with van der Waals surface area (Å²) in [6.45, 7) is 0.842. The van der Waals surface area contributed by atoms with Gasteiger partial charge in [0.15, 0.2) is 0 Å². The number of aliphatic hydroxyl groups is 1. The first-order valence-corrected chi connectivity index (χ1v) is 5.52. The molecule has 1 aliphatic rings. The van der Waals surface area contributed by atoms with Crippen molar-refractivity contribution >= 4 is 0 Å². The average molecular weight is 264 g/mol. The minimum atomic E-state index is -4.72. The molecule has 0 aromatic heterocycles. The van der Waals surface area contributed by atoms with Gasteiger partial charge in [0.1, 0.15) is 5.82 Å². The van der Waals surface area contributed by atoms with Gasteiger partial charge in [0.05, 0.1) is 18.3 Å². The van der Waals surface area contributed by atoms with Gasteiger partial charge in [0.2, 0.25) is 0 Å². The molecule has 2 atom stereocenters. The quantitative estimate of drug-likeness (QED) is 0.832. The Morgan fingerprint density at radius 2 is 2.06 bits per heavy atom. The number of hydrogen-bond donors (Lipinski definition) is 1. The van der Waals surface area contributed by atoms with E-state index in [1.165, 1.54) is 0 Å². The van der Waals surface area contributed by atoms with Gasteiger partial charge in [-0.1, -0.05) is 6.07 Å². The lowest BCUT2D eigenvalue weighted by Crippen LogP contribution is -2.14. The molecule has 0 spiro atoms. The van der Waals surface area contributed by atoms with Crippen LogP contribution in [0, 0.1) is 11.7 Å². The Balaban J connectivity index is 2.23. The van der Waals surface area contributed by atoms with Gasteiger partial charge in [0, 0.05) is 12.5 Å². The second-order valence-electron chi connectivity index (χ2n) is 4.31. The van der Waals surface area contributed by atoms with Crippen LogP contribution < -0.4 is 0 Å². The van der Waals surface area contributed by atoms with Gasteiger partial charge >= 0.3 is 6.18 Å². The molecule has 18 heavy (non-hydrogen) atoms. The zero-order chi connectivity index (χ0) is 13.3. The highest BCUT2D eigenvalue weighted by Crippen LogP contribution is 2.34. The van der Waals surface area contributed by atoms with Crippen molar-refractivity contribution in [3.8, 4) is 0 Å². The molecule has 2 nitrogen and oxygen atoms in total. The highest BCUT2D eigenvalue weighted by atomic mass is 19.4. The van der Waals surface area contributed by atoms with Crippen LogP contribution in [0.1, 0.15) is 23.7 Å². The summed E-state index contributed by atoms with van der Waals surface area (Å²) >= 11 is 0. The summed E-state index contributed by atoms with van der Waals surface area (Å²) in [5, 5.41) is 9.91. The number of alkyl halides is 3. The topological polar surface area (TPSA) is 29.5 Å². The Bertz CT molecular complexity index is 425. The molecule has 1 heterocycles. The zero-order valence-corrected chi connectivity index (χ0v) is 9.38. The molecular formula is C12H12F4O2. The number of hydrogen-bond acceptors (Lipinski definition) is 2. The smallest absolute Gasteiger partial charge is 0.388 e. The molecule has 1 aromatic carbocycles. The molecule has 0 amide bonds. The lowest BCUT2D eigenvalue weighted by molar-refractivity contribution is -0.140. The Labute approximate surface area is 101 Å². The van der Waals surface area contributed by atoms with Crippen LogP contribution in [0.5, 0.6) is 0 Å². The Morgan fingerprint density at radius 1 is 1.33 bits per heavy atom. The van der Waals surface area contributed by atoms with E-state index < -0.39 is 23.7 Å². The SMILES string of the molecule is OC(c1ccc(C(F)(F)F)c(F)c1)C1CCOC1. The molecule has 1 aliphatic heterocycles. The van der Waals surface area contributed by atoms with E-state index in [2.05, 4.69) is 0 Å². The molecule has 6 heteroatoms. The Kier molecular flexibility index (Phi) is 3.59. The second kappa shape index (κ2) is 4.85. The van der Waals surface area contributed by atoms with Crippen molar-refractivity contribution in [2.45, 2.75) is 18.7 Å². The van der Waals surface area contributed by atoms with Crippen LogP contribution in [0.4, 0.5) is 17.6 Å². The van der Waals surface area contributed by atoms with Crippen LogP contribution in [0.3, 0.4) is 0 Å². The largest absolute Gasteiger partial charge is 0.419 e. The first kappa shape index (κ1) is 13.3.